The Labute approximate surface area is 418 Å². The number of nitrogens with one attached hydrogen (secondary N) is 1. The summed E-state index contributed by atoms with van der Waals surface area (Å²) in [5, 5.41) is 54.5. The lowest BCUT2D eigenvalue weighted by Crippen LogP contribution is -2.60. The van der Waals surface area contributed by atoms with Gasteiger partial charge in [-0.3, -0.25) is 4.79 Å². The van der Waals surface area contributed by atoms with Gasteiger partial charge in [-0.15, -0.1) is 0 Å². The van der Waals surface area contributed by atoms with Gasteiger partial charge >= 0.3 is 0 Å². The number of ether oxygens (including phenoxy) is 2. The van der Waals surface area contributed by atoms with Crippen LogP contribution in [0, 0.1) is 0 Å². The molecule has 9 nitrogen and oxygen atoms in total. The van der Waals surface area contributed by atoms with E-state index in [0.717, 1.165) is 70.6 Å². The predicted molar refractivity (Wildman–Crippen MR) is 286 cm³/mol. The van der Waals surface area contributed by atoms with Gasteiger partial charge < -0.3 is 40.3 Å². The van der Waals surface area contributed by atoms with Crippen LogP contribution < -0.4 is 5.32 Å². The molecule has 1 saturated heterocycles. The van der Waals surface area contributed by atoms with Crippen molar-refractivity contribution in [2.45, 2.75) is 307 Å². The van der Waals surface area contributed by atoms with Crippen molar-refractivity contribution < 1.29 is 39.8 Å². The van der Waals surface area contributed by atoms with Crippen molar-refractivity contribution in [2.75, 3.05) is 13.2 Å². The highest BCUT2D eigenvalue weighted by molar-refractivity contribution is 5.76. The van der Waals surface area contributed by atoms with E-state index in [1.165, 1.54) is 173 Å². The third kappa shape index (κ3) is 37.9. The molecular formula is C59H109NO8. The molecular weight excluding hydrogens is 851 g/mol. The number of carbonyl (C=O) groups excluding carboxylic acids is 1. The molecule has 398 valence electrons. The van der Waals surface area contributed by atoms with Crippen LogP contribution in [0.1, 0.15) is 264 Å². The largest absolute Gasteiger partial charge is 0.394 e. The minimum atomic E-state index is -1.57. The maximum Gasteiger partial charge on any atom is 0.220 e. The lowest BCUT2D eigenvalue weighted by molar-refractivity contribution is -0.302. The number of aliphatic hydroxyl groups is 5. The van der Waals surface area contributed by atoms with E-state index in [-0.39, 0.29) is 12.5 Å². The summed E-state index contributed by atoms with van der Waals surface area (Å²) in [4.78, 5) is 13.0. The van der Waals surface area contributed by atoms with Gasteiger partial charge in [0.1, 0.15) is 24.4 Å². The van der Waals surface area contributed by atoms with E-state index in [1.807, 2.05) is 6.08 Å². The second-order valence-electron chi connectivity index (χ2n) is 20.1. The van der Waals surface area contributed by atoms with E-state index in [9.17, 15) is 30.3 Å². The first-order chi connectivity index (χ1) is 33.3. The van der Waals surface area contributed by atoms with Crippen LogP contribution in [0.2, 0.25) is 0 Å². The fraction of sp³-hybridized carbons (Fsp3) is 0.847. The number of allylic oxidation sites excluding steroid dienone is 7. The summed E-state index contributed by atoms with van der Waals surface area (Å²) >= 11 is 0. The Bertz CT molecular complexity index is 1210. The fourth-order valence-corrected chi connectivity index (χ4v) is 9.11. The SMILES string of the molecule is CC/C=C\C/C=C\C/C=C\CCCCCCCCCC(=O)NC(COC1OC(CO)C(O)C(O)C1O)C(O)/C=C/CCCCCCCCCCCCCCCCCCCCCCCCCCCC. The molecule has 1 fully saturated rings. The van der Waals surface area contributed by atoms with Crippen LogP contribution >= 0.6 is 0 Å². The minimum absolute atomic E-state index is 0.186. The van der Waals surface area contributed by atoms with Crippen molar-refractivity contribution >= 4 is 5.91 Å². The molecule has 0 saturated carbocycles. The second kappa shape index (κ2) is 48.8. The molecule has 0 bridgehead atoms. The van der Waals surface area contributed by atoms with Gasteiger partial charge in [-0.1, -0.05) is 255 Å². The summed E-state index contributed by atoms with van der Waals surface area (Å²) < 4.78 is 11.3. The highest BCUT2D eigenvalue weighted by atomic mass is 16.7. The Balaban J connectivity index is 2.20. The van der Waals surface area contributed by atoms with Crippen molar-refractivity contribution in [3.8, 4) is 0 Å². The number of hydrogen-bond acceptors (Lipinski definition) is 8. The van der Waals surface area contributed by atoms with Gasteiger partial charge in [0.15, 0.2) is 6.29 Å². The minimum Gasteiger partial charge on any atom is -0.394 e. The third-order valence-electron chi connectivity index (χ3n) is 13.7. The molecule has 9 heteroatoms. The summed E-state index contributed by atoms with van der Waals surface area (Å²) in [7, 11) is 0. The zero-order valence-corrected chi connectivity index (χ0v) is 44.1. The molecule has 0 spiro atoms. The Morgan fingerprint density at radius 3 is 1.35 bits per heavy atom. The molecule has 1 heterocycles. The molecule has 0 aromatic heterocycles. The third-order valence-corrected chi connectivity index (χ3v) is 13.7. The van der Waals surface area contributed by atoms with Crippen LogP contribution in [0.5, 0.6) is 0 Å². The van der Waals surface area contributed by atoms with Crippen LogP contribution in [0.3, 0.4) is 0 Å². The Kier molecular flexibility index (Phi) is 46.0. The smallest absolute Gasteiger partial charge is 0.220 e. The standard InChI is InChI=1S/C59H109NO8/c1-3-5-7-9-11-13-15-17-19-21-22-23-24-25-26-27-28-29-30-31-33-34-36-38-40-42-44-46-48-53(62)52(51-67-59-58(66)57(65)56(64)54(50-61)68-59)60-55(63)49-47-45-43-41-39-37-35-32-20-18-16-14-12-10-8-6-4-2/h6,8,12,14,18,20,46,48,52-54,56-59,61-62,64-66H,3-5,7,9-11,13,15-17,19,21-45,47,49-51H2,1-2H3,(H,60,63)/b8-6-,14-12-,20-18-,48-46+. The number of aliphatic hydroxyl groups excluding tert-OH is 5. The topological polar surface area (TPSA) is 149 Å². The predicted octanol–water partition coefficient (Wildman–Crippen LogP) is 14.1. The lowest BCUT2D eigenvalue weighted by Gasteiger charge is -2.40. The number of unbranched alkanes of at least 4 members (excludes halogenated alkanes) is 33. The zero-order valence-electron chi connectivity index (χ0n) is 44.1. The molecule has 7 unspecified atom stereocenters. The molecule has 1 aliphatic rings. The summed E-state index contributed by atoms with van der Waals surface area (Å²) in [6.45, 7) is 3.68. The first-order valence-corrected chi connectivity index (χ1v) is 28.9. The van der Waals surface area contributed by atoms with Crippen molar-refractivity contribution in [2.24, 2.45) is 0 Å². The molecule has 0 aromatic rings. The molecule has 0 aromatic carbocycles. The van der Waals surface area contributed by atoms with Crippen LogP contribution in [-0.4, -0.2) is 87.5 Å². The van der Waals surface area contributed by atoms with E-state index in [4.69, 9.17) is 9.47 Å². The first kappa shape index (κ1) is 64.2. The Morgan fingerprint density at radius 2 is 0.912 bits per heavy atom. The van der Waals surface area contributed by atoms with Gasteiger partial charge in [-0.05, 0) is 51.4 Å². The highest BCUT2D eigenvalue weighted by Crippen LogP contribution is 2.23. The summed E-state index contributed by atoms with van der Waals surface area (Å²) in [5.74, 6) is -0.186. The number of carbonyl (C=O) groups is 1. The average Bonchev–Trinajstić information content (AvgIpc) is 3.34. The van der Waals surface area contributed by atoms with Gasteiger partial charge in [0.2, 0.25) is 5.91 Å². The van der Waals surface area contributed by atoms with Crippen molar-refractivity contribution in [1.82, 2.24) is 5.32 Å². The van der Waals surface area contributed by atoms with Crippen LogP contribution in [0.15, 0.2) is 48.6 Å². The normalized spacial score (nSPS) is 19.9. The van der Waals surface area contributed by atoms with Crippen LogP contribution in [-0.2, 0) is 14.3 Å². The lowest BCUT2D eigenvalue weighted by atomic mass is 9.99. The quantitative estimate of drug-likeness (QED) is 0.0261. The maximum atomic E-state index is 13.0. The summed E-state index contributed by atoms with van der Waals surface area (Å²) in [6, 6.07) is -0.812. The van der Waals surface area contributed by atoms with Crippen LogP contribution in [0.4, 0.5) is 0 Å². The molecule has 1 rings (SSSR count). The van der Waals surface area contributed by atoms with Crippen LogP contribution in [0.25, 0.3) is 0 Å². The van der Waals surface area contributed by atoms with Crippen molar-refractivity contribution in [1.29, 1.82) is 0 Å². The molecule has 1 aliphatic heterocycles. The Hall–Kier alpha value is -1.85. The van der Waals surface area contributed by atoms with Gasteiger partial charge in [-0.25, -0.2) is 0 Å². The van der Waals surface area contributed by atoms with E-state index >= 15 is 0 Å². The maximum absolute atomic E-state index is 13.0. The fourth-order valence-electron chi connectivity index (χ4n) is 9.11. The van der Waals surface area contributed by atoms with Gasteiger partial charge in [0.05, 0.1) is 25.4 Å². The molecule has 7 atom stereocenters. The van der Waals surface area contributed by atoms with Gasteiger partial charge in [0, 0.05) is 6.42 Å². The highest BCUT2D eigenvalue weighted by Gasteiger charge is 2.44. The van der Waals surface area contributed by atoms with E-state index in [2.05, 4.69) is 55.6 Å². The summed E-state index contributed by atoms with van der Waals surface area (Å²) in [5.41, 5.74) is 0. The first-order valence-electron chi connectivity index (χ1n) is 28.9. The number of amides is 1. The zero-order chi connectivity index (χ0) is 49.4. The van der Waals surface area contributed by atoms with E-state index in [0.29, 0.717) is 6.42 Å². The van der Waals surface area contributed by atoms with Gasteiger partial charge in [0.25, 0.3) is 0 Å². The van der Waals surface area contributed by atoms with E-state index in [1.54, 1.807) is 6.08 Å². The molecule has 0 radical (unpaired) electrons. The van der Waals surface area contributed by atoms with Gasteiger partial charge in [-0.2, -0.15) is 0 Å². The van der Waals surface area contributed by atoms with Crippen molar-refractivity contribution in [3.63, 3.8) is 0 Å². The molecule has 0 aliphatic carbocycles. The second-order valence-corrected chi connectivity index (χ2v) is 20.1. The monoisotopic (exact) mass is 960 g/mol. The average molecular weight is 961 g/mol. The number of rotatable bonds is 49. The van der Waals surface area contributed by atoms with Crippen molar-refractivity contribution in [3.05, 3.63) is 48.6 Å². The molecule has 68 heavy (non-hydrogen) atoms. The Morgan fingerprint density at radius 1 is 0.515 bits per heavy atom. The number of hydrogen-bond donors (Lipinski definition) is 6. The molecule has 6 N–H and O–H groups in total. The summed E-state index contributed by atoms with van der Waals surface area (Å²) in [6.07, 6.45) is 57.5. The molecule has 1 amide bonds. The van der Waals surface area contributed by atoms with E-state index < -0.39 is 49.5 Å².